The van der Waals surface area contributed by atoms with Gasteiger partial charge in [0.25, 0.3) is 0 Å². The molecule has 5 heteroatoms. The number of likely N-dealkylation sites (tertiary alicyclic amines) is 2. The lowest BCUT2D eigenvalue weighted by Crippen LogP contribution is -2.45. The Morgan fingerprint density at radius 2 is 1.92 bits per heavy atom. The van der Waals surface area contributed by atoms with E-state index in [9.17, 15) is 9.59 Å². The molecule has 1 aromatic rings. The molecule has 1 unspecified atom stereocenters. The molecule has 2 heterocycles. The topological polar surface area (TPSA) is 49.9 Å². The lowest BCUT2D eigenvalue weighted by atomic mass is 9.97. The fraction of sp³-hybridized carbons (Fsp3) is 0.619. The van der Waals surface area contributed by atoms with Gasteiger partial charge in [-0.05, 0) is 51.6 Å². The minimum atomic E-state index is -0.112. The predicted octanol–water partition coefficient (Wildman–Crippen LogP) is 2.93. The molecule has 0 bridgehead atoms. The van der Waals surface area contributed by atoms with Crippen LogP contribution in [0.1, 0.15) is 49.8 Å². The molecule has 2 aliphatic rings. The maximum atomic E-state index is 12.8. The SMILES string of the molecule is CCOC(=O)C1CCN(C(=O)CN2CCCC2c2cccc(C)c2)CC1. The van der Waals surface area contributed by atoms with E-state index in [1.165, 1.54) is 11.1 Å². The molecule has 0 aromatic heterocycles. The van der Waals surface area contributed by atoms with Crippen molar-refractivity contribution in [2.24, 2.45) is 5.92 Å². The van der Waals surface area contributed by atoms with E-state index in [2.05, 4.69) is 36.1 Å². The predicted molar refractivity (Wildman–Crippen MR) is 101 cm³/mol. The van der Waals surface area contributed by atoms with Crippen LogP contribution in [0.3, 0.4) is 0 Å². The van der Waals surface area contributed by atoms with Gasteiger partial charge in [0, 0.05) is 19.1 Å². The second kappa shape index (κ2) is 8.67. The standard InChI is InChI=1S/C21H30N2O3/c1-3-26-21(25)17-9-12-22(13-10-17)20(24)15-23-11-5-8-19(23)18-7-4-6-16(2)14-18/h4,6-7,14,17,19H,3,5,8-13,15H2,1-2H3. The van der Waals surface area contributed by atoms with Crippen molar-refractivity contribution in [1.29, 1.82) is 0 Å². The van der Waals surface area contributed by atoms with Gasteiger partial charge < -0.3 is 9.64 Å². The van der Waals surface area contributed by atoms with E-state index >= 15 is 0 Å². The van der Waals surface area contributed by atoms with Crippen LogP contribution < -0.4 is 0 Å². The Morgan fingerprint density at radius 3 is 2.62 bits per heavy atom. The number of amides is 1. The van der Waals surface area contributed by atoms with E-state index < -0.39 is 0 Å². The largest absolute Gasteiger partial charge is 0.466 e. The number of esters is 1. The second-order valence-electron chi connectivity index (χ2n) is 7.45. The first-order valence-corrected chi connectivity index (χ1v) is 9.83. The molecular formula is C21H30N2O3. The number of nitrogens with zero attached hydrogens (tertiary/aromatic N) is 2. The highest BCUT2D eigenvalue weighted by atomic mass is 16.5. The molecule has 26 heavy (non-hydrogen) atoms. The first kappa shape index (κ1) is 18.9. The maximum Gasteiger partial charge on any atom is 0.309 e. The third-order valence-electron chi connectivity index (χ3n) is 5.60. The lowest BCUT2D eigenvalue weighted by Gasteiger charge is -2.33. The van der Waals surface area contributed by atoms with Crippen LogP contribution in [0.25, 0.3) is 0 Å². The van der Waals surface area contributed by atoms with E-state index in [0.717, 1.165) is 19.4 Å². The van der Waals surface area contributed by atoms with Crippen LogP contribution in [-0.2, 0) is 14.3 Å². The number of hydrogen-bond acceptors (Lipinski definition) is 4. The quantitative estimate of drug-likeness (QED) is 0.760. The van der Waals surface area contributed by atoms with Crippen LogP contribution in [0.15, 0.2) is 24.3 Å². The highest BCUT2D eigenvalue weighted by Crippen LogP contribution is 2.32. The summed E-state index contributed by atoms with van der Waals surface area (Å²) >= 11 is 0. The van der Waals surface area contributed by atoms with Crippen molar-refractivity contribution in [3.63, 3.8) is 0 Å². The van der Waals surface area contributed by atoms with Crippen molar-refractivity contribution in [2.45, 2.75) is 45.6 Å². The van der Waals surface area contributed by atoms with Crippen LogP contribution >= 0.6 is 0 Å². The number of benzene rings is 1. The van der Waals surface area contributed by atoms with Crippen molar-refractivity contribution in [3.8, 4) is 0 Å². The van der Waals surface area contributed by atoms with Gasteiger partial charge in [-0.15, -0.1) is 0 Å². The van der Waals surface area contributed by atoms with Gasteiger partial charge in [0.2, 0.25) is 5.91 Å². The average molecular weight is 358 g/mol. The molecule has 0 spiro atoms. The number of hydrogen-bond donors (Lipinski definition) is 0. The fourth-order valence-electron chi connectivity index (χ4n) is 4.17. The van der Waals surface area contributed by atoms with Gasteiger partial charge >= 0.3 is 5.97 Å². The molecule has 1 amide bonds. The lowest BCUT2D eigenvalue weighted by molar-refractivity contribution is -0.151. The van der Waals surface area contributed by atoms with Crippen LogP contribution in [0, 0.1) is 12.8 Å². The van der Waals surface area contributed by atoms with E-state index in [4.69, 9.17) is 4.74 Å². The summed E-state index contributed by atoms with van der Waals surface area (Å²) in [6.07, 6.45) is 3.68. The molecular weight excluding hydrogens is 328 g/mol. The molecule has 0 radical (unpaired) electrons. The van der Waals surface area contributed by atoms with Crippen molar-refractivity contribution in [1.82, 2.24) is 9.80 Å². The van der Waals surface area contributed by atoms with Crippen LogP contribution in [0.2, 0.25) is 0 Å². The molecule has 142 valence electrons. The first-order chi connectivity index (χ1) is 12.6. The number of carbonyl (C=O) groups excluding carboxylic acids is 2. The molecule has 5 nitrogen and oxygen atoms in total. The Balaban J connectivity index is 1.54. The van der Waals surface area contributed by atoms with E-state index in [1.807, 2.05) is 11.8 Å². The van der Waals surface area contributed by atoms with Crippen LogP contribution in [0.4, 0.5) is 0 Å². The molecule has 1 atom stereocenters. The summed E-state index contributed by atoms with van der Waals surface area (Å²) in [7, 11) is 0. The summed E-state index contributed by atoms with van der Waals surface area (Å²) < 4.78 is 5.11. The summed E-state index contributed by atoms with van der Waals surface area (Å²) in [5.74, 6) is 0.0244. The minimum absolute atomic E-state index is 0.0502. The van der Waals surface area contributed by atoms with Gasteiger partial charge in [-0.1, -0.05) is 29.8 Å². The monoisotopic (exact) mass is 358 g/mol. The zero-order valence-corrected chi connectivity index (χ0v) is 15.9. The molecule has 0 saturated carbocycles. The summed E-state index contributed by atoms with van der Waals surface area (Å²) in [5, 5.41) is 0. The van der Waals surface area contributed by atoms with Crippen LogP contribution in [0.5, 0.6) is 0 Å². The summed E-state index contributed by atoms with van der Waals surface area (Å²) in [6, 6.07) is 8.96. The maximum absolute atomic E-state index is 12.8. The zero-order chi connectivity index (χ0) is 18.5. The Kier molecular flexibility index (Phi) is 6.30. The van der Waals surface area contributed by atoms with Gasteiger partial charge in [-0.25, -0.2) is 0 Å². The average Bonchev–Trinajstić information content (AvgIpc) is 3.10. The first-order valence-electron chi connectivity index (χ1n) is 9.83. The Morgan fingerprint density at radius 1 is 1.15 bits per heavy atom. The van der Waals surface area contributed by atoms with E-state index in [1.54, 1.807) is 0 Å². The van der Waals surface area contributed by atoms with Gasteiger partial charge in [0.15, 0.2) is 0 Å². The molecule has 2 fully saturated rings. The molecule has 3 rings (SSSR count). The van der Waals surface area contributed by atoms with E-state index in [-0.39, 0.29) is 17.8 Å². The van der Waals surface area contributed by atoms with Gasteiger partial charge in [0.1, 0.15) is 0 Å². The Hall–Kier alpha value is -1.88. The van der Waals surface area contributed by atoms with Gasteiger partial charge in [-0.2, -0.15) is 0 Å². The van der Waals surface area contributed by atoms with E-state index in [0.29, 0.717) is 45.1 Å². The molecule has 2 saturated heterocycles. The summed E-state index contributed by atoms with van der Waals surface area (Å²) in [5.41, 5.74) is 2.58. The normalized spacial score (nSPS) is 21.8. The summed E-state index contributed by atoms with van der Waals surface area (Å²) in [6.45, 7) is 7.13. The van der Waals surface area contributed by atoms with Crippen molar-refractivity contribution < 1.29 is 14.3 Å². The van der Waals surface area contributed by atoms with Gasteiger partial charge in [-0.3, -0.25) is 14.5 Å². The van der Waals surface area contributed by atoms with Gasteiger partial charge in [0.05, 0.1) is 19.1 Å². The molecule has 2 aliphatic heterocycles. The highest BCUT2D eigenvalue weighted by molar-refractivity contribution is 5.79. The number of aryl methyl sites for hydroxylation is 1. The third-order valence-corrected chi connectivity index (χ3v) is 5.60. The summed E-state index contributed by atoms with van der Waals surface area (Å²) in [4.78, 5) is 28.8. The minimum Gasteiger partial charge on any atom is -0.466 e. The number of rotatable bonds is 5. The van der Waals surface area contributed by atoms with Crippen LogP contribution in [-0.4, -0.2) is 54.5 Å². The Labute approximate surface area is 156 Å². The Bertz CT molecular complexity index is 638. The number of carbonyl (C=O) groups is 2. The van der Waals surface area contributed by atoms with Crippen molar-refractivity contribution in [2.75, 3.05) is 32.8 Å². The van der Waals surface area contributed by atoms with Crippen molar-refractivity contribution in [3.05, 3.63) is 35.4 Å². The third kappa shape index (κ3) is 4.44. The number of piperidine rings is 1. The number of ether oxygens (including phenoxy) is 1. The fourth-order valence-corrected chi connectivity index (χ4v) is 4.17. The van der Waals surface area contributed by atoms with Crippen molar-refractivity contribution >= 4 is 11.9 Å². The zero-order valence-electron chi connectivity index (χ0n) is 15.9. The highest BCUT2D eigenvalue weighted by Gasteiger charge is 2.32. The smallest absolute Gasteiger partial charge is 0.309 e. The second-order valence-corrected chi connectivity index (χ2v) is 7.45. The molecule has 1 aromatic carbocycles. The molecule has 0 N–H and O–H groups in total. The molecule has 0 aliphatic carbocycles.